The number of hydrogen-bond acceptors (Lipinski definition) is 3. The highest BCUT2D eigenvalue weighted by atomic mass is 16.6. The Bertz CT molecular complexity index is 311. The van der Waals surface area contributed by atoms with Gasteiger partial charge in [0.15, 0.2) is 0 Å². The Hall–Kier alpha value is -1.06. The quantitative estimate of drug-likeness (QED) is 0.642. The second kappa shape index (κ2) is 3.47. The molecule has 0 radical (unpaired) electrons. The van der Waals surface area contributed by atoms with Crippen LogP contribution in [0, 0.1) is 0 Å². The number of amides is 1. The first kappa shape index (κ1) is 11.4. The first-order valence-corrected chi connectivity index (χ1v) is 5.87. The van der Waals surface area contributed by atoms with E-state index in [2.05, 4.69) is 0 Å². The van der Waals surface area contributed by atoms with Crippen molar-refractivity contribution in [2.24, 2.45) is 0 Å². The summed E-state index contributed by atoms with van der Waals surface area (Å²) in [6.07, 6.45) is 4.04. The molecule has 2 rings (SSSR count). The van der Waals surface area contributed by atoms with E-state index in [0.717, 1.165) is 32.0 Å². The molecule has 0 aromatic heterocycles. The van der Waals surface area contributed by atoms with Crippen LogP contribution in [-0.4, -0.2) is 34.5 Å². The van der Waals surface area contributed by atoms with Gasteiger partial charge in [-0.15, -0.1) is 0 Å². The van der Waals surface area contributed by atoms with E-state index in [1.165, 1.54) is 0 Å². The molecule has 0 aliphatic carbocycles. The van der Waals surface area contributed by atoms with Gasteiger partial charge in [-0.05, 0) is 46.5 Å². The molecule has 4 nitrogen and oxygen atoms in total. The molecule has 1 amide bonds. The van der Waals surface area contributed by atoms with Crippen molar-refractivity contribution >= 4 is 12.4 Å². The Labute approximate surface area is 95.9 Å². The lowest BCUT2D eigenvalue weighted by molar-refractivity contribution is -0.116. The molecule has 2 aliphatic heterocycles. The van der Waals surface area contributed by atoms with Gasteiger partial charge in [-0.3, -0.25) is 4.90 Å². The van der Waals surface area contributed by atoms with Crippen molar-refractivity contribution in [1.29, 1.82) is 0 Å². The van der Waals surface area contributed by atoms with Crippen LogP contribution < -0.4 is 0 Å². The number of rotatable bonds is 1. The third-order valence-corrected chi connectivity index (χ3v) is 3.48. The van der Waals surface area contributed by atoms with Crippen LogP contribution in [0.5, 0.6) is 0 Å². The van der Waals surface area contributed by atoms with Crippen LogP contribution in [0.3, 0.4) is 0 Å². The van der Waals surface area contributed by atoms with Crippen molar-refractivity contribution in [3.63, 3.8) is 0 Å². The van der Waals surface area contributed by atoms with Gasteiger partial charge < -0.3 is 9.53 Å². The fourth-order valence-corrected chi connectivity index (χ4v) is 2.78. The largest absolute Gasteiger partial charge is 0.444 e. The fraction of sp³-hybridized carbons (Fsp3) is 0.833. The van der Waals surface area contributed by atoms with Crippen molar-refractivity contribution in [3.8, 4) is 0 Å². The van der Waals surface area contributed by atoms with Crippen LogP contribution in [0.2, 0.25) is 0 Å². The van der Waals surface area contributed by atoms with Crippen molar-refractivity contribution < 1.29 is 14.3 Å². The number of ether oxygens (including phenoxy) is 1. The second-order valence-electron chi connectivity index (χ2n) is 5.80. The third-order valence-electron chi connectivity index (χ3n) is 3.48. The summed E-state index contributed by atoms with van der Waals surface area (Å²) in [5, 5.41) is 0. The topological polar surface area (TPSA) is 46.6 Å². The maximum absolute atomic E-state index is 12.0. The van der Waals surface area contributed by atoms with Crippen LogP contribution >= 0.6 is 0 Å². The molecule has 0 saturated carbocycles. The van der Waals surface area contributed by atoms with E-state index in [-0.39, 0.29) is 12.1 Å². The number of hydrogen-bond donors (Lipinski definition) is 0. The van der Waals surface area contributed by atoms with Gasteiger partial charge in [-0.2, -0.15) is 0 Å². The lowest BCUT2D eigenvalue weighted by Gasteiger charge is -2.31. The molecule has 16 heavy (non-hydrogen) atoms. The molecule has 2 aliphatic rings. The summed E-state index contributed by atoms with van der Waals surface area (Å²) in [7, 11) is 0. The monoisotopic (exact) mass is 225 g/mol. The van der Waals surface area contributed by atoms with Gasteiger partial charge in [-0.25, -0.2) is 4.79 Å². The molecule has 2 heterocycles. The van der Waals surface area contributed by atoms with Crippen molar-refractivity contribution in [1.82, 2.24) is 4.90 Å². The molecule has 0 aromatic rings. The Morgan fingerprint density at radius 1 is 1.38 bits per heavy atom. The Balaban J connectivity index is 2.15. The predicted molar refractivity (Wildman–Crippen MR) is 59.1 cm³/mol. The number of carbonyl (C=O) groups is 2. The van der Waals surface area contributed by atoms with Crippen molar-refractivity contribution in [2.75, 3.05) is 0 Å². The molecule has 0 unspecified atom stereocenters. The standard InChI is InChI=1S/C12H19NO3/c1-11(2,3)16-10(15)13-9-4-6-12(13,8-14)7-5-9/h8-9H,4-7H2,1-3H3/t9-,12+. The number of fused-ring (bicyclic) bond motifs is 2. The number of nitrogens with zero attached hydrogens (tertiary/aromatic N) is 1. The normalized spacial score (nSPS) is 32.9. The highest BCUT2D eigenvalue weighted by Crippen LogP contribution is 2.45. The predicted octanol–water partition coefficient (Wildman–Crippen LogP) is 2.12. The molecule has 0 spiro atoms. The fourth-order valence-electron chi connectivity index (χ4n) is 2.78. The first-order chi connectivity index (χ1) is 7.38. The molecule has 0 atom stereocenters. The summed E-state index contributed by atoms with van der Waals surface area (Å²) >= 11 is 0. The van der Waals surface area contributed by atoms with Gasteiger partial charge in [0.1, 0.15) is 17.4 Å². The summed E-state index contributed by atoms with van der Waals surface area (Å²) in [6.45, 7) is 5.53. The second-order valence-corrected chi connectivity index (χ2v) is 5.80. The van der Waals surface area contributed by atoms with E-state index in [9.17, 15) is 9.59 Å². The maximum Gasteiger partial charge on any atom is 0.411 e. The summed E-state index contributed by atoms with van der Waals surface area (Å²) in [6, 6.07) is 0.208. The van der Waals surface area contributed by atoms with Gasteiger partial charge in [0.2, 0.25) is 0 Å². The lowest BCUT2D eigenvalue weighted by Crippen LogP contribution is -2.48. The van der Waals surface area contributed by atoms with Gasteiger partial charge in [-0.1, -0.05) is 0 Å². The average Bonchev–Trinajstić information content (AvgIpc) is 2.70. The zero-order valence-electron chi connectivity index (χ0n) is 10.2. The van der Waals surface area contributed by atoms with Crippen LogP contribution in [0.1, 0.15) is 46.5 Å². The van der Waals surface area contributed by atoms with Gasteiger partial charge >= 0.3 is 6.09 Å². The van der Waals surface area contributed by atoms with E-state index in [0.29, 0.717) is 0 Å². The summed E-state index contributed by atoms with van der Waals surface area (Å²) < 4.78 is 5.36. The molecule has 2 bridgehead atoms. The van der Waals surface area contributed by atoms with Crippen LogP contribution in [0.25, 0.3) is 0 Å². The maximum atomic E-state index is 12.0. The third kappa shape index (κ3) is 1.70. The van der Waals surface area contributed by atoms with E-state index in [1.54, 1.807) is 4.90 Å². The highest BCUT2D eigenvalue weighted by Gasteiger charge is 2.55. The van der Waals surface area contributed by atoms with E-state index < -0.39 is 11.1 Å². The van der Waals surface area contributed by atoms with Crippen molar-refractivity contribution in [2.45, 2.75) is 63.6 Å². The zero-order chi connectivity index (χ0) is 12.0. The SMILES string of the molecule is CC(C)(C)OC(=O)N1[C@H]2CC[C@]1(C=O)CC2. The minimum absolute atomic E-state index is 0.208. The number of aldehydes is 1. The first-order valence-electron chi connectivity index (χ1n) is 5.87. The van der Waals surface area contributed by atoms with Gasteiger partial charge in [0.05, 0.1) is 0 Å². The Morgan fingerprint density at radius 3 is 2.38 bits per heavy atom. The lowest BCUT2D eigenvalue weighted by atomic mass is 9.89. The molecular formula is C12H19NO3. The molecule has 2 saturated heterocycles. The van der Waals surface area contributed by atoms with Gasteiger partial charge in [0.25, 0.3) is 0 Å². The van der Waals surface area contributed by atoms with Crippen LogP contribution in [0.4, 0.5) is 4.79 Å². The molecule has 0 aromatic carbocycles. The van der Waals surface area contributed by atoms with E-state index in [4.69, 9.17) is 4.74 Å². The van der Waals surface area contributed by atoms with Crippen molar-refractivity contribution in [3.05, 3.63) is 0 Å². The summed E-state index contributed by atoms with van der Waals surface area (Å²) in [5.41, 5.74) is -1.06. The number of carbonyl (C=O) groups excluding carboxylic acids is 2. The van der Waals surface area contributed by atoms with E-state index in [1.807, 2.05) is 20.8 Å². The minimum Gasteiger partial charge on any atom is -0.444 e. The van der Waals surface area contributed by atoms with Gasteiger partial charge in [0, 0.05) is 6.04 Å². The smallest absolute Gasteiger partial charge is 0.411 e. The van der Waals surface area contributed by atoms with E-state index >= 15 is 0 Å². The average molecular weight is 225 g/mol. The molecule has 90 valence electrons. The van der Waals surface area contributed by atoms with Crippen LogP contribution in [0.15, 0.2) is 0 Å². The summed E-state index contributed by atoms with van der Waals surface area (Å²) in [5.74, 6) is 0. The Morgan fingerprint density at radius 2 is 1.94 bits per heavy atom. The molecule has 2 fully saturated rings. The molecule has 4 heteroatoms. The molecular weight excluding hydrogens is 206 g/mol. The van der Waals surface area contributed by atoms with Crippen LogP contribution in [-0.2, 0) is 9.53 Å². The zero-order valence-corrected chi connectivity index (χ0v) is 10.2. The summed E-state index contributed by atoms with van der Waals surface area (Å²) in [4.78, 5) is 24.9. The Kier molecular flexibility index (Phi) is 2.48. The minimum atomic E-state index is -0.562. The molecule has 0 N–H and O–H groups in total. The highest BCUT2D eigenvalue weighted by molar-refractivity contribution is 5.79.